The fourth-order valence-electron chi connectivity index (χ4n) is 5.64. The van der Waals surface area contributed by atoms with Crippen molar-refractivity contribution < 1.29 is 9.59 Å². The zero-order valence-electron chi connectivity index (χ0n) is 15.6. The second kappa shape index (κ2) is 7.44. The number of carbonyl (C=O) groups is 2. The second-order valence-corrected chi connectivity index (χ2v) is 8.52. The van der Waals surface area contributed by atoms with Crippen LogP contribution in [0.15, 0.2) is 24.3 Å². The SMILES string of the molecule is Cl.O=C([C@H]1Cc2ccccc2CN1)N1C[C@H]2C[C@H](C1)[C@@H]1CCCC(=O)N1C2. The van der Waals surface area contributed by atoms with E-state index in [-0.39, 0.29) is 24.4 Å². The van der Waals surface area contributed by atoms with Crippen molar-refractivity contribution in [2.24, 2.45) is 11.8 Å². The third-order valence-electron chi connectivity index (χ3n) is 6.87. The van der Waals surface area contributed by atoms with Crippen molar-refractivity contribution in [1.29, 1.82) is 0 Å². The van der Waals surface area contributed by atoms with Gasteiger partial charge in [-0.15, -0.1) is 12.4 Å². The molecule has 0 unspecified atom stereocenters. The molecule has 0 aromatic heterocycles. The maximum atomic E-state index is 13.2. The maximum Gasteiger partial charge on any atom is 0.240 e. The Morgan fingerprint density at radius 1 is 1.11 bits per heavy atom. The third-order valence-corrected chi connectivity index (χ3v) is 6.87. The Morgan fingerprint density at radius 2 is 1.93 bits per heavy atom. The first-order chi connectivity index (χ1) is 12.7. The Morgan fingerprint density at radius 3 is 2.78 bits per heavy atom. The highest BCUT2D eigenvalue weighted by Crippen LogP contribution is 2.38. The van der Waals surface area contributed by atoms with Crippen LogP contribution in [0.25, 0.3) is 0 Å². The zero-order valence-corrected chi connectivity index (χ0v) is 16.4. The van der Waals surface area contributed by atoms with E-state index in [9.17, 15) is 9.59 Å². The molecule has 3 saturated heterocycles. The normalized spacial score (nSPS) is 32.2. The van der Waals surface area contributed by atoms with E-state index >= 15 is 0 Å². The van der Waals surface area contributed by atoms with Crippen molar-refractivity contribution in [2.75, 3.05) is 19.6 Å². The van der Waals surface area contributed by atoms with Gasteiger partial charge in [0.15, 0.2) is 0 Å². The average Bonchev–Trinajstić information content (AvgIpc) is 2.68. The smallest absolute Gasteiger partial charge is 0.240 e. The summed E-state index contributed by atoms with van der Waals surface area (Å²) in [5.74, 6) is 1.50. The first kappa shape index (κ1) is 18.8. The first-order valence-electron chi connectivity index (χ1n) is 10.1. The number of halogens is 1. The number of amides is 2. The highest BCUT2D eigenvalue weighted by atomic mass is 35.5. The molecule has 0 aliphatic carbocycles. The van der Waals surface area contributed by atoms with E-state index < -0.39 is 0 Å². The van der Waals surface area contributed by atoms with E-state index in [1.54, 1.807) is 0 Å². The Kier molecular flexibility index (Phi) is 5.17. The summed E-state index contributed by atoms with van der Waals surface area (Å²) in [5, 5.41) is 3.45. The molecule has 2 bridgehead atoms. The van der Waals surface area contributed by atoms with Crippen molar-refractivity contribution >= 4 is 24.2 Å². The Balaban J connectivity index is 0.00000180. The van der Waals surface area contributed by atoms with Crippen LogP contribution >= 0.6 is 12.4 Å². The van der Waals surface area contributed by atoms with Gasteiger partial charge in [0.1, 0.15) is 0 Å². The average molecular weight is 390 g/mol. The molecule has 0 spiro atoms. The van der Waals surface area contributed by atoms with Gasteiger partial charge in [-0.25, -0.2) is 0 Å². The van der Waals surface area contributed by atoms with Crippen molar-refractivity contribution in [3.8, 4) is 0 Å². The highest BCUT2D eigenvalue weighted by molar-refractivity contribution is 5.85. The van der Waals surface area contributed by atoms with Crippen LogP contribution in [0, 0.1) is 11.8 Å². The van der Waals surface area contributed by atoms with Crippen LogP contribution in [-0.2, 0) is 22.6 Å². The third kappa shape index (κ3) is 3.36. The molecule has 6 heteroatoms. The zero-order chi connectivity index (χ0) is 17.7. The maximum absolute atomic E-state index is 13.2. The molecule has 4 atom stereocenters. The molecular weight excluding hydrogens is 362 g/mol. The summed E-state index contributed by atoms with van der Waals surface area (Å²) in [6.07, 6.45) is 4.80. The Bertz CT molecular complexity index is 740. The van der Waals surface area contributed by atoms with Crippen LogP contribution in [0.3, 0.4) is 0 Å². The van der Waals surface area contributed by atoms with Gasteiger partial charge in [-0.05, 0) is 48.6 Å². The molecule has 146 valence electrons. The van der Waals surface area contributed by atoms with E-state index in [1.165, 1.54) is 17.5 Å². The molecule has 2 amide bonds. The Hall–Kier alpha value is -1.59. The number of carbonyl (C=O) groups excluding carboxylic acids is 2. The first-order valence-corrected chi connectivity index (χ1v) is 10.1. The van der Waals surface area contributed by atoms with Gasteiger partial charge >= 0.3 is 0 Å². The monoisotopic (exact) mass is 389 g/mol. The number of hydrogen-bond donors (Lipinski definition) is 1. The summed E-state index contributed by atoms with van der Waals surface area (Å²) in [7, 11) is 0. The molecule has 1 aromatic carbocycles. The van der Waals surface area contributed by atoms with Gasteiger partial charge in [0, 0.05) is 38.6 Å². The topological polar surface area (TPSA) is 52.7 Å². The molecule has 0 saturated carbocycles. The minimum Gasteiger partial charge on any atom is -0.341 e. The van der Waals surface area contributed by atoms with Gasteiger partial charge in [0.25, 0.3) is 0 Å². The van der Waals surface area contributed by atoms with Crippen LogP contribution < -0.4 is 5.32 Å². The predicted octanol–water partition coefficient (Wildman–Crippen LogP) is 1.98. The quantitative estimate of drug-likeness (QED) is 0.799. The van der Waals surface area contributed by atoms with Crippen LogP contribution in [0.5, 0.6) is 0 Å². The number of benzene rings is 1. The largest absolute Gasteiger partial charge is 0.341 e. The van der Waals surface area contributed by atoms with Crippen LogP contribution in [0.4, 0.5) is 0 Å². The fourth-order valence-corrected chi connectivity index (χ4v) is 5.64. The number of nitrogens with one attached hydrogen (secondary N) is 1. The predicted molar refractivity (Wildman–Crippen MR) is 106 cm³/mol. The van der Waals surface area contributed by atoms with Gasteiger partial charge in [0.2, 0.25) is 11.8 Å². The number of nitrogens with zero attached hydrogens (tertiary/aromatic N) is 2. The van der Waals surface area contributed by atoms with Crippen molar-refractivity contribution in [1.82, 2.24) is 15.1 Å². The summed E-state index contributed by atoms with van der Waals surface area (Å²) in [6.45, 7) is 3.26. The molecule has 4 heterocycles. The number of fused-ring (bicyclic) bond motifs is 5. The lowest BCUT2D eigenvalue weighted by molar-refractivity contribution is -0.149. The van der Waals surface area contributed by atoms with E-state index in [2.05, 4.69) is 39.4 Å². The van der Waals surface area contributed by atoms with Crippen molar-refractivity contribution in [2.45, 2.75) is 50.7 Å². The van der Waals surface area contributed by atoms with E-state index in [1.807, 2.05) is 0 Å². The minimum absolute atomic E-state index is 0. The number of rotatable bonds is 1. The highest BCUT2D eigenvalue weighted by Gasteiger charge is 2.45. The number of likely N-dealkylation sites (tertiary alicyclic amines) is 1. The lowest BCUT2D eigenvalue weighted by atomic mass is 9.75. The molecule has 1 aromatic rings. The van der Waals surface area contributed by atoms with E-state index in [0.29, 0.717) is 30.2 Å². The molecule has 5 nitrogen and oxygen atoms in total. The van der Waals surface area contributed by atoms with Gasteiger partial charge in [-0.3, -0.25) is 9.59 Å². The van der Waals surface area contributed by atoms with Crippen LogP contribution in [0.2, 0.25) is 0 Å². The minimum atomic E-state index is -0.104. The van der Waals surface area contributed by atoms with E-state index in [4.69, 9.17) is 0 Å². The Labute approximate surface area is 166 Å². The lowest BCUT2D eigenvalue weighted by Crippen LogP contribution is -2.63. The summed E-state index contributed by atoms with van der Waals surface area (Å²) in [6, 6.07) is 8.67. The number of hydrogen-bond acceptors (Lipinski definition) is 3. The molecule has 3 fully saturated rings. The van der Waals surface area contributed by atoms with Gasteiger partial charge in [-0.2, -0.15) is 0 Å². The molecule has 5 rings (SSSR count). The lowest BCUT2D eigenvalue weighted by Gasteiger charge is -2.52. The molecule has 4 aliphatic rings. The summed E-state index contributed by atoms with van der Waals surface area (Å²) in [4.78, 5) is 29.7. The van der Waals surface area contributed by atoms with Crippen LogP contribution in [-0.4, -0.2) is 53.3 Å². The van der Waals surface area contributed by atoms with Crippen molar-refractivity contribution in [3.63, 3.8) is 0 Å². The molecule has 1 N–H and O–H groups in total. The fraction of sp³-hybridized carbons (Fsp3) is 0.619. The van der Waals surface area contributed by atoms with E-state index in [0.717, 1.165) is 45.4 Å². The molecule has 27 heavy (non-hydrogen) atoms. The summed E-state index contributed by atoms with van der Waals surface area (Å²) >= 11 is 0. The van der Waals surface area contributed by atoms with Gasteiger partial charge < -0.3 is 15.1 Å². The molecular formula is C21H28ClN3O2. The summed E-state index contributed by atoms with van der Waals surface area (Å²) < 4.78 is 0. The molecule has 0 radical (unpaired) electrons. The van der Waals surface area contributed by atoms with Gasteiger partial charge in [-0.1, -0.05) is 24.3 Å². The molecule has 4 aliphatic heterocycles. The summed E-state index contributed by atoms with van der Waals surface area (Å²) in [5.41, 5.74) is 2.61. The second-order valence-electron chi connectivity index (χ2n) is 8.52. The van der Waals surface area contributed by atoms with Crippen LogP contribution in [0.1, 0.15) is 36.8 Å². The standard InChI is InChI=1S/C21H27N3O2.ClH/c25-20-7-3-6-19-17-8-14(12-24(19)20)11-23(13-17)21(26)18-9-15-4-1-2-5-16(15)10-22-18;/h1-2,4-5,14,17-19,22H,3,6-13H2;1H/t14-,17-,18-,19+;/m1./s1. The van der Waals surface area contributed by atoms with Gasteiger partial charge in [0.05, 0.1) is 6.04 Å². The van der Waals surface area contributed by atoms with Crippen molar-refractivity contribution in [3.05, 3.63) is 35.4 Å². The number of piperidine rings is 3.